The summed E-state index contributed by atoms with van der Waals surface area (Å²) in [6, 6.07) is 0. The molecule has 0 bridgehead atoms. The Balaban J connectivity index is 1.77. The molecule has 0 spiro atoms. The smallest absolute Gasteiger partial charge is 0.162 e. The predicted molar refractivity (Wildman–Crippen MR) is 88.9 cm³/mol. The number of rotatable bonds is 1. The molecule has 4 rings (SSSR count). The van der Waals surface area contributed by atoms with Crippen LogP contribution in [0.5, 0.6) is 0 Å². The number of aliphatic hydroxyl groups excluding tert-OH is 1. The van der Waals surface area contributed by atoms with Crippen LogP contribution in [0.4, 0.5) is 0 Å². The standard InChI is InChI=1S/C20H30O3/c1-11(2)12-8-14(21)19(4)7-6-18(3)10-15(22)20(5)16(23-20)9-13(18)17(12)19/h8,11,13,15-17,22H,6-7,9-10H2,1-5H3/t13-,15-,16-,17-,18+,19-,20+/m1/s1. The normalized spacial score (nSPS) is 54.9. The van der Waals surface area contributed by atoms with Crippen LogP contribution in [0.15, 0.2) is 11.6 Å². The molecule has 3 fully saturated rings. The molecular weight excluding hydrogens is 288 g/mol. The molecule has 3 heteroatoms. The van der Waals surface area contributed by atoms with E-state index in [1.165, 1.54) is 5.57 Å². The van der Waals surface area contributed by atoms with Crippen LogP contribution in [-0.2, 0) is 9.53 Å². The molecular formula is C20H30O3. The summed E-state index contributed by atoms with van der Waals surface area (Å²) >= 11 is 0. The second kappa shape index (κ2) is 4.49. The predicted octanol–water partition coefficient (Wildman–Crippen LogP) is 3.50. The van der Waals surface area contributed by atoms with E-state index < -0.39 is 0 Å². The van der Waals surface area contributed by atoms with Gasteiger partial charge in [-0.05, 0) is 61.9 Å². The van der Waals surface area contributed by atoms with E-state index in [2.05, 4.69) is 34.6 Å². The van der Waals surface area contributed by atoms with Crippen LogP contribution in [0.1, 0.15) is 60.3 Å². The molecule has 0 aromatic heterocycles. The van der Waals surface area contributed by atoms with E-state index in [-0.39, 0.29) is 28.6 Å². The lowest BCUT2D eigenvalue weighted by Gasteiger charge is -2.53. The van der Waals surface area contributed by atoms with Crippen LogP contribution in [0.25, 0.3) is 0 Å². The Kier molecular flexibility index (Phi) is 3.09. The maximum atomic E-state index is 12.8. The van der Waals surface area contributed by atoms with Crippen molar-refractivity contribution in [3.63, 3.8) is 0 Å². The Hall–Kier alpha value is -0.670. The van der Waals surface area contributed by atoms with Gasteiger partial charge >= 0.3 is 0 Å². The molecule has 1 heterocycles. The molecule has 0 radical (unpaired) electrons. The van der Waals surface area contributed by atoms with Crippen LogP contribution in [0.2, 0.25) is 0 Å². The van der Waals surface area contributed by atoms with Crippen molar-refractivity contribution >= 4 is 5.78 Å². The van der Waals surface area contributed by atoms with E-state index in [0.717, 1.165) is 25.7 Å². The fourth-order valence-electron chi connectivity index (χ4n) is 5.94. The van der Waals surface area contributed by atoms with E-state index in [0.29, 0.717) is 23.5 Å². The van der Waals surface area contributed by atoms with Gasteiger partial charge in [0.1, 0.15) is 5.60 Å². The molecule has 0 amide bonds. The molecule has 1 saturated heterocycles. The molecule has 23 heavy (non-hydrogen) atoms. The van der Waals surface area contributed by atoms with Gasteiger partial charge in [0.15, 0.2) is 5.78 Å². The Morgan fingerprint density at radius 1 is 1.26 bits per heavy atom. The van der Waals surface area contributed by atoms with Crippen molar-refractivity contribution in [3.05, 3.63) is 11.6 Å². The molecule has 3 aliphatic carbocycles. The highest BCUT2D eigenvalue weighted by Crippen LogP contribution is 2.65. The average Bonchev–Trinajstić information content (AvgIpc) is 3.05. The van der Waals surface area contributed by atoms with Crippen molar-refractivity contribution < 1.29 is 14.6 Å². The summed E-state index contributed by atoms with van der Waals surface area (Å²) in [4.78, 5) is 12.8. The number of fused-ring (bicyclic) bond motifs is 4. The second-order valence-electron chi connectivity index (χ2n) is 9.56. The number of carbonyl (C=O) groups is 1. The fraction of sp³-hybridized carbons (Fsp3) is 0.850. The van der Waals surface area contributed by atoms with E-state index >= 15 is 0 Å². The number of carbonyl (C=O) groups excluding carboxylic acids is 1. The van der Waals surface area contributed by atoms with Crippen LogP contribution in [-0.4, -0.2) is 28.7 Å². The quantitative estimate of drug-likeness (QED) is 0.753. The Labute approximate surface area is 139 Å². The highest BCUT2D eigenvalue weighted by atomic mass is 16.6. The summed E-state index contributed by atoms with van der Waals surface area (Å²) in [5.74, 6) is 1.50. The van der Waals surface area contributed by atoms with E-state index in [4.69, 9.17) is 4.74 Å². The monoisotopic (exact) mass is 318 g/mol. The molecule has 2 saturated carbocycles. The fourth-order valence-corrected chi connectivity index (χ4v) is 5.94. The van der Waals surface area contributed by atoms with Crippen LogP contribution in [0.3, 0.4) is 0 Å². The molecule has 0 aromatic rings. The highest BCUT2D eigenvalue weighted by Gasteiger charge is 2.67. The van der Waals surface area contributed by atoms with Gasteiger partial charge in [0.2, 0.25) is 0 Å². The van der Waals surface area contributed by atoms with Gasteiger partial charge in [-0.15, -0.1) is 0 Å². The maximum Gasteiger partial charge on any atom is 0.162 e. The molecule has 3 nitrogen and oxygen atoms in total. The van der Waals surface area contributed by atoms with Crippen molar-refractivity contribution in [2.75, 3.05) is 0 Å². The third kappa shape index (κ3) is 1.93. The maximum absolute atomic E-state index is 12.8. The Bertz CT molecular complexity index is 594. The molecule has 0 aromatic carbocycles. The van der Waals surface area contributed by atoms with Gasteiger partial charge in [-0.25, -0.2) is 0 Å². The van der Waals surface area contributed by atoms with Gasteiger partial charge in [-0.2, -0.15) is 0 Å². The molecule has 4 aliphatic rings. The first-order valence-electron chi connectivity index (χ1n) is 9.23. The zero-order valence-corrected chi connectivity index (χ0v) is 15.1. The van der Waals surface area contributed by atoms with Crippen molar-refractivity contribution in [3.8, 4) is 0 Å². The van der Waals surface area contributed by atoms with Gasteiger partial charge in [0.25, 0.3) is 0 Å². The van der Waals surface area contributed by atoms with Gasteiger partial charge in [-0.1, -0.05) is 33.3 Å². The minimum Gasteiger partial charge on any atom is -0.390 e. The van der Waals surface area contributed by atoms with Crippen LogP contribution in [0, 0.1) is 28.6 Å². The Morgan fingerprint density at radius 3 is 2.61 bits per heavy atom. The first kappa shape index (κ1) is 15.8. The van der Waals surface area contributed by atoms with Crippen LogP contribution < -0.4 is 0 Å². The van der Waals surface area contributed by atoms with Crippen LogP contribution >= 0.6 is 0 Å². The molecule has 1 N–H and O–H groups in total. The average molecular weight is 318 g/mol. The van der Waals surface area contributed by atoms with E-state index in [1.54, 1.807) is 0 Å². The first-order chi connectivity index (χ1) is 10.6. The molecule has 1 aliphatic heterocycles. The lowest BCUT2D eigenvalue weighted by molar-refractivity contribution is -0.132. The zero-order valence-electron chi connectivity index (χ0n) is 15.1. The summed E-state index contributed by atoms with van der Waals surface area (Å²) in [7, 11) is 0. The van der Waals surface area contributed by atoms with E-state index in [9.17, 15) is 9.90 Å². The largest absolute Gasteiger partial charge is 0.390 e. The lowest BCUT2D eigenvalue weighted by atomic mass is 9.51. The number of ketones is 1. The number of epoxide rings is 1. The number of allylic oxidation sites excluding steroid dienone is 2. The summed E-state index contributed by atoms with van der Waals surface area (Å²) < 4.78 is 5.90. The van der Waals surface area contributed by atoms with Gasteiger partial charge in [-0.3, -0.25) is 4.79 Å². The number of aliphatic hydroxyl groups is 1. The minimum absolute atomic E-state index is 0.113. The molecule has 7 atom stereocenters. The summed E-state index contributed by atoms with van der Waals surface area (Å²) in [6.07, 6.45) is 5.51. The third-order valence-corrected chi connectivity index (χ3v) is 7.85. The zero-order chi connectivity index (χ0) is 16.8. The number of hydrogen-bond acceptors (Lipinski definition) is 3. The van der Waals surface area contributed by atoms with Gasteiger partial charge in [0.05, 0.1) is 12.2 Å². The Morgan fingerprint density at radius 2 is 1.96 bits per heavy atom. The SMILES string of the molecule is CC(C)C1=CC(=O)[C@@]2(C)CC[C@@]3(C)C[C@@H](O)[C@]4(C)O[C@@H]4C[C@@H]3[C@@H]12. The summed E-state index contributed by atoms with van der Waals surface area (Å²) in [5, 5.41) is 10.7. The topological polar surface area (TPSA) is 49.8 Å². The number of hydrogen-bond donors (Lipinski definition) is 1. The first-order valence-corrected chi connectivity index (χ1v) is 9.23. The van der Waals surface area contributed by atoms with Crippen molar-refractivity contribution in [2.24, 2.45) is 28.6 Å². The highest BCUT2D eigenvalue weighted by molar-refractivity contribution is 5.99. The minimum atomic E-state index is -0.379. The van der Waals surface area contributed by atoms with Crippen molar-refractivity contribution in [1.82, 2.24) is 0 Å². The summed E-state index contributed by atoms with van der Waals surface area (Å²) in [5.41, 5.74) is 0.875. The molecule has 0 unspecified atom stereocenters. The van der Waals surface area contributed by atoms with E-state index in [1.807, 2.05) is 6.08 Å². The van der Waals surface area contributed by atoms with Crippen molar-refractivity contribution in [2.45, 2.75) is 78.1 Å². The summed E-state index contributed by atoms with van der Waals surface area (Å²) in [6.45, 7) is 11.0. The number of ether oxygens (including phenoxy) is 1. The molecule has 128 valence electrons. The lowest BCUT2D eigenvalue weighted by Crippen LogP contribution is -2.49. The third-order valence-electron chi connectivity index (χ3n) is 7.85. The van der Waals surface area contributed by atoms with Crippen molar-refractivity contribution in [1.29, 1.82) is 0 Å². The van der Waals surface area contributed by atoms with Gasteiger partial charge in [0, 0.05) is 5.41 Å². The second-order valence-corrected chi connectivity index (χ2v) is 9.56. The van der Waals surface area contributed by atoms with Gasteiger partial charge < -0.3 is 9.84 Å².